The third-order valence-corrected chi connectivity index (χ3v) is 6.44. The molecule has 1 aliphatic rings. The summed E-state index contributed by atoms with van der Waals surface area (Å²) in [5.74, 6) is 0. The maximum Gasteiger partial charge on any atom is 0.104 e. The van der Waals surface area contributed by atoms with Crippen LogP contribution in [0.3, 0.4) is 0 Å². The number of halogens is 1. The molecule has 0 saturated carbocycles. The zero-order valence-electron chi connectivity index (χ0n) is 14.5. The molecule has 3 heterocycles. The van der Waals surface area contributed by atoms with Gasteiger partial charge in [0, 0.05) is 21.7 Å². The van der Waals surface area contributed by atoms with Gasteiger partial charge in [0.05, 0.1) is 28.4 Å². The van der Waals surface area contributed by atoms with E-state index in [0.29, 0.717) is 0 Å². The van der Waals surface area contributed by atoms with Gasteiger partial charge in [0.15, 0.2) is 0 Å². The van der Waals surface area contributed by atoms with Crippen LogP contribution in [0.2, 0.25) is 0 Å². The van der Waals surface area contributed by atoms with Crippen LogP contribution in [0.15, 0.2) is 36.5 Å². The molecule has 2 N–H and O–H groups in total. The molecule has 6 rings (SSSR count). The van der Waals surface area contributed by atoms with Crippen molar-refractivity contribution in [3.05, 3.63) is 51.4 Å². The van der Waals surface area contributed by atoms with Crippen LogP contribution in [0.1, 0.15) is 24.0 Å². The maximum atomic E-state index is 5.15. The first kappa shape index (κ1) is 15.6. The average Bonchev–Trinajstić information content (AvgIpc) is 3.33. The van der Waals surface area contributed by atoms with Gasteiger partial charge in [-0.2, -0.15) is 10.2 Å². The lowest BCUT2D eigenvalue weighted by atomic mass is 9.85. The number of rotatable bonds is 1. The number of aromatic amines is 2. The van der Waals surface area contributed by atoms with E-state index in [0.717, 1.165) is 44.2 Å². The van der Waals surface area contributed by atoms with Crippen molar-refractivity contribution >= 4 is 55.3 Å². The highest BCUT2D eigenvalue weighted by atomic mass is 127. The van der Waals surface area contributed by atoms with Crippen LogP contribution in [0, 0.1) is 3.70 Å². The number of H-pyrrole nitrogens is 2. The molecule has 0 unspecified atom stereocenters. The summed E-state index contributed by atoms with van der Waals surface area (Å²) in [6.07, 6.45) is 6.53. The normalized spacial score (nSPS) is 14.3. The summed E-state index contributed by atoms with van der Waals surface area (Å²) >= 11 is 2.35. The first-order valence-corrected chi connectivity index (χ1v) is 10.3. The lowest BCUT2D eigenvalue weighted by molar-refractivity contribution is 0.689. The zero-order valence-corrected chi connectivity index (χ0v) is 16.7. The van der Waals surface area contributed by atoms with E-state index in [1.165, 1.54) is 40.3 Å². The SMILES string of the molecule is Ic1[nH]nc2ccc3nc(-c4ccc5[nH]ncc5c4)c4c(c3c12)CCCC4. The standard InChI is InChI=1S/C21H16IN5/c22-21-19-17(26-27-21)8-7-16-18(19)13-3-1-2-4-14(13)20(24-16)11-5-6-15-12(9-11)10-23-25-15/h5-10H,1-4H2,(H,23,25)(H,26,27). The van der Waals surface area contributed by atoms with E-state index in [1.807, 2.05) is 6.20 Å². The monoisotopic (exact) mass is 465 g/mol. The second-order valence-corrected chi connectivity index (χ2v) is 8.27. The molecular formula is C21H16IN5. The zero-order chi connectivity index (χ0) is 18.0. The molecule has 0 spiro atoms. The fourth-order valence-electron chi connectivity index (χ4n) is 4.42. The Morgan fingerprint density at radius 3 is 2.67 bits per heavy atom. The summed E-state index contributed by atoms with van der Waals surface area (Å²) in [6.45, 7) is 0. The Bertz CT molecular complexity index is 1350. The second kappa shape index (κ2) is 5.76. The quantitative estimate of drug-likeness (QED) is 0.337. The minimum atomic E-state index is 1.02. The van der Waals surface area contributed by atoms with Crippen LogP contribution in [-0.2, 0) is 12.8 Å². The molecule has 5 aromatic rings. The number of nitrogens with zero attached hydrogens (tertiary/aromatic N) is 3. The fourth-order valence-corrected chi connectivity index (χ4v) is 5.09. The van der Waals surface area contributed by atoms with Crippen LogP contribution in [0.4, 0.5) is 0 Å². The molecule has 5 nitrogen and oxygen atoms in total. The summed E-state index contributed by atoms with van der Waals surface area (Å²) in [5, 5.41) is 18.4. The van der Waals surface area contributed by atoms with E-state index in [2.05, 4.69) is 73.3 Å². The Kier molecular flexibility index (Phi) is 3.32. The minimum absolute atomic E-state index is 1.02. The third-order valence-electron chi connectivity index (χ3n) is 5.66. The first-order chi connectivity index (χ1) is 13.3. The molecule has 132 valence electrons. The number of hydrogen-bond donors (Lipinski definition) is 2. The summed E-state index contributed by atoms with van der Waals surface area (Å²) in [5.41, 5.74) is 8.30. The van der Waals surface area contributed by atoms with Crippen LogP contribution >= 0.6 is 22.6 Å². The Balaban J connectivity index is 1.73. The Hall–Kier alpha value is -2.48. The predicted molar refractivity (Wildman–Crippen MR) is 116 cm³/mol. The second-order valence-electron chi connectivity index (χ2n) is 7.19. The summed E-state index contributed by atoms with van der Waals surface area (Å²) in [7, 11) is 0. The summed E-state index contributed by atoms with van der Waals surface area (Å²) < 4.78 is 1.09. The minimum Gasteiger partial charge on any atom is -0.278 e. The molecule has 0 atom stereocenters. The highest BCUT2D eigenvalue weighted by molar-refractivity contribution is 14.1. The summed E-state index contributed by atoms with van der Waals surface area (Å²) in [4.78, 5) is 5.15. The topological polar surface area (TPSA) is 70.2 Å². The largest absolute Gasteiger partial charge is 0.278 e. The number of nitrogens with one attached hydrogen (secondary N) is 2. The van der Waals surface area contributed by atoms with E-state index in [-0.39, 0.29) is 0 Å². The molecule has 0 saturated heterocycles. The van der Waals surface area contributed by atoms with Crippen molar-refractivity contribution in [1.82, 2.24) is 25.4 Å². The Morgan fingerprint density at radius 2 is 1.74 bits per heavy atom. The molecule has 6 heteroatoms. The number of fused-ring (bicyclic) bond motifs is 6. The van der Waals surface area contributed by atoms with Gasteiger partial charge in [-0.25, -0.2) is 4.98 Å². The Labute approximate surface area is 168 Å². The van der Waals surface area contributed by atoms with Gasteiger partial charge in [-0.1, -0.05) is 6.07 Å². The lowest BCUT2D eigenvalue weighted by Crippen LogP contribution is -2.08. The Morgan fingerprint density at radius 1 is 0.889 bits per heavy atom. The van der Waals surface area contributed by atoms with Crippen molar-refractivity contribution in [1.29, 1.82) is 0 Å². The molecule has 0 amide bonds. The number of benzene rings is 2. The highest BCUT2D eigenvalue weighted by Crippen LogP contribution is 2.39. The first-order valence-electron chi connectivity index (χ1n) is 9.21. The van der Waals surface area contributed by atoms with Crippen molar-refractivity contribution in [2.75, 3.05) is 0 Å². The molecule has 3 aromatic heterocycles. The van der Waals surface area contributed by atoms with Crippen LogP contribution < -0.4 is 0 Å². The van der Waals surface area contributed by atoms with E-state index < -0.39 is 0 Å². The van der Waals surface area contributed by atoms with Gasteiger partial charge in [-0.05, 0) is 83.7 Å². The lowest BCUT2D eigenvalue weighted by Gasteiger charge is -2.22. The van der Waals surface area contributed by atoms with Gasteiger partial charge in [-0.15, -0.1) is 0 Å². The number of pyridine rings is 1. The van der Waals surface area contributed by atoms with Crippen LogP contribution in [-0.4, -0.2) is 25.4 Å². The molecular weight excluding hydrogens is 449 g/mol. The van der Waals surface area contributed by atoms with E-state index in [1.54, 1.807) is 0 Å². The molecule has 0 fully saturated rings. The van der Waals surface area contributed by atoms with Gasteiger partial charge >= 0.3 is 0 Å². The van der Waals surface area contributed by atoms with Crippen molar-refractivity contribution in [3.8, 4) is 11.3 Å². The molecule has 2 aromatic carbocycles. The van der Waals surface area contributed by atoms with Crippen molar-refractivity contribution in [3.63, 3.8) is 0 Å². The van der Waals surface area contributed by atoms with Crippen molar-refractivity contribution in [2.45, 2.75) is 25.7 Å². The van der Waals surface area contributed by atoms with Gasteiger partial charge in [0.25, 0.3) is 0 Å². The smallest absolute Gasteiger partial charge is 0.104 e. The maximum absolute atomic E-state index is 5.15. The van der Waals surface area contributed by atoms with Gasteiger partial charge in [0.2, 0.25) is 0 Å². The molecule has 0 radical (unpaired) electrons. The van der Waals surface area contributed by atoms with E-state index in [4.69, 9.17) is 4.98 Å². The van der Waals surface area contributed by atoms with Crippen molar-refractivity contribution in [2.24, 2.45) is 0 Å². The van der Waals surface area contributed by atoms with Gasteiger partial charge in [-0.3, -0.25) is 10.2 Å². The number of aromatic nitrogens is 5. The van der Waals surface area contributed by atoms with Crippen LogP contribution in [0.5, 0.6) is 0 Å². The molecule has 27 heavy (non-hydrogen) atoms. The van der Waals surface area contributed by atoms with Gasteiger partial charge < -0.3 is 0 Å². The van der Waals surface area contributed by atoms with Gasteiger partial charge in [0.1, 0.15) is 3.70 Å². The third kappa shape index (κ3) is 2.25. The van der Waals surface area contributed by atoms with E-state index >= 15 is 0 Å². The van der Waals surface area contributed by atoms with Crippen molar-refractivity contribution < 1.29 is 0 Å². The predicted octanol–water partition coefficient (Wildman–Crippen LogP) is 5.14. The van der Waals surface area contributed by atoms with Crippen LogP contribution in [0.25, 0.3) is 44.0 Å². The molecule has 0 aliphatic heterocycles. The number of hydrogen-bond acceptors (Lipinski definition) is 3. The summed E-state index contributed by atoms with van der Waals surface area (Å²) in [6, 6.07) is 10.6. The molecule has 1 aliphatic carbocycles. The average molecular weight is 465 g/mol. The number of aryl methyl sites for hydroxylation is 1. The van der Waals surface area contributed by atoms with E-state index in [9.17, 15) is 0 Å². The molecule has 0 bridgehead atoms. The highest BCUT2D eigenvalue weighted by Gasteiger charge is 2.22. The fraction of sp³-hybridized carbons (Fsp3) is 0.190.